The summed E-state index contributed by atoms with van der Waals surface area (Å²) in [6.07, 6.45) is 0. The normalized spacial score (nSPS) is 17.9. The molecule has 0 amide bonds. The number of rotatable bonds is 0. The molecular weight excluding hydrogens is 425 g/mol. The first-order chi connectivity index (χ1) is 13.7. The number of carbonyl (C=O) groups excluding carboxylic acids is 2. The van der Waals surface area contributed by atoms with Gasteiger partial charge >= 0.3 is 0 Å². The Morgan fingerprint density at radius 1 is 0.429 bits per heavy atom. The van der Waals surface area contributed by atoms with Crippen molar-refractivity contribution in [1.82, 2.24) is 0 Å². The SMILES string of the molecule is O=C1CSCc2ccccc2CSCC(=O)CSCc2ccccc2CSC1. The summed E-state index contributed by atoms with van der Waals surface area (Å²) in [5.41, 5.74) is 5.10. The molecule has 0 aliphatic carbocycles. The van der Waals surface area contributed by atoms with Gasteiger partial charge in [0.1, 0.15) is 0 Å². The first-order valence-corrected chi connectivity index (χ1v) is 13.8. The molecule has 0 saturated heterocycles. The number of fused-ring (bicyclic) bond motifs is 2. The fourth-order valence-electron chi connectivity index (χ4n) is 2.86. The fraction of sp³-hybridized carbons (Fsp3) is 0.364. The Balaban J connectivity index is 1.65. The molecule has 3 rings (SSSR count). The summed E-state index contributed by atoms with van der Waals surface area (Å²) < 4.78 is 0. The highest BCUT2D eigenvalue weighted by Crippen LogP contribution is 2.24. The number of thioether (sulfide) groups is 4. The lowest BCUT2D eigenvalue weighted by molar-refractivity contribution is -0.115. The maximum Gasteiger partial charge on any atom is 0.152 e. The van der Waals surface area contributed by atoms with Gasteiger partial charge in [-0.2, -0.15) is 0 Å². The van der Waals surface area contributed by atoms with Crippen LogP contribution in [0.3, 0.4) is 0 Å². The summed E-state index contributed by atoms with van der Waals surface area (Å²) in [4.78, 5) is 24.5. The molecule has 0 bridgehead atoms. The molecule has 0 N–H and O–H groups in total. The minimum absolute atomic E-state index is 0.306. The summed E-state index contributed by atoms with van der Waals surface area (Å²) in [6.45, 7) is 0. The number of ketones is 2. The second-order valence-corrected chi connectivity index (χ2v) is 10.5. The third kappa shape index (κ3) is 7.21. The molecule has 1 heterocycles. The zero-order valence-electron chi connectivity index (χ0n) is 15.7. The molecule has 0 unspecified atom stereocenters. The molecule has 1 aliphatic heterocycles. The van der Waals surface area contributed by atoms with E-state index in [0.717, 1.165) is 23.0 Å². The first kappa shape index (κ1) is 21.9. The minimum atomic E-state index is 0.306. The standard InChI is InChI=1S/C22H24O2S4/c23-21-13-25-9-17-5-1-2-6-18(17)10-26-14-22(24)16-28-12-20-8-4-3-7-19(20)11-27-15-21/h1-8H,9-16H2. The number of benzene rings is 2. The molecule has 6 heteroatoms. The van der Waals surface area contributed by atoms with Crippen LogP contribution in [0.1, 0.15) is 22.3 Å². The van der Waals surface area contributed by atoms with Crippen molar-refractivity contribution in [3.63, 3.8) is 0 Å². The zero-order valence-corrected chi connectivity index (χ0v) is 19.0. The number of hydrogen-bond donors (Lipinski definition) is 0. The van der Waals surface area contributed by atoms with Gasteiger partial charge in [-0.25, -0.2) is 0 Å². The fourth-order valence-corrected chi connectivity index (χ4v) is 6.85. The van der Waals surface area contributed by atoms with E-state index in [2.05, 4.69) is 24.3 Å². The molecule has 0 radical (unpaired) electrons. The van der Waals surface area contributed by atoms with Gasteiger partial charge in [-0.3, -0.25) is 9.59 Å². The summed E-state index contributed by atoms with van der Waals surface area (Å²) >= 11 is 6.76. The third-order valence-corrected chi connectivity index (χ3v) is 8.48. The second kappa shape index (κ2) is 12.0. The maximum atomic E-state index is 12.2. The topological polar surface area (TPSA) is 34.1 Å². The lowest BCUT2D eigenvalue weighted by Crippen LogP contribution is -2.07. The van der Waals surface area contributed by atoms with Crippen LogP contribution in [0.2, 0.25) is 0 Å². The Labute approximate surface area is 184 Å². The van der Waals surface area contributed by atoms with Gasteiger partial charge in [0, 0.05) is 23.0 Å². The van der Waals surface area contributed by atoms with E-state index in [4.69, 9.17) is 0 Å². The molecule has 0 aromatic heterocycles. The minimum Gasteiger partial charge on any atom is -0.298 e. The predicted molar refractivity (Wildman–Crippen MR) is 128 cm³/mol. The van der Waals surface area contributed by atoms with Crippen LogP contribution in [0, 0.1) is 0 Å². The second-order valence-electron chi connectivity index (χ2n) is 6.59. The molecule has 0 spiro atoms. The van der Waals surface area contributed by atoms with Crippen LogP contribution in [-0.4, -0.2) is 34.6 Å². The largest absolute Gasteiger partial charge is 0.298 e. The maximum absolute atomic E-state index is 12.2. The van der Waals surface area contributed by atoms with Crippen LogP contribution >= 0.6 is 47.0 Å². The number of carbonyl (C=O) groups is 2. The first-order valence-electron chi connectivity index (χ1n) is 9.20. The third-order valence-electron chi connectivity index (χ3n) is 4.32. The molecule has 2 aromatic carbocycles. The highest BCUT2D eigenvalue weighted by molar-refractivity contribution is 8.01. The molecule has 28 heavy (non-hydrogen) atoms. The van der Waals surface area contributed by atoms with Crippen molar-refractivity contribution in [2.24, 2.45) is 0 Å². The summed E-state index contributed by atoms with van der Waals surface area (Å²) in [6, 6.07) is 16.7. The van der Waals surface area contributed by atoms with Crippen molar-refractivity contribution < 1.29 is 9.59 Å². The number of hydrogen-bond acceptors (Lipinski definition) is 6. The van der Waals surface area contributed by atoms with Crippen molar-refractivity contribution in [3.8, 4) is 0 Å². The smallest absolute Gasteiger partial charge is 0.152 e. The van der Waals surface area contributed by atoms with Crippen LogP contribution in [-0.2, 0) is 32.6 Å². The van der Waals surface area contributed by atoms with E-state index >= 15 is 0 Å². The highest BCUT2D eigenvalue weighted by Gasteiger charge is 2.10. The van der Waals surface area contributed by atoms with Crippen LogP contribution in [0.15, 0.2) is 48.5 Å². The van der Waals surface area contributed by atoms with E-state index in [-0.39, 0.29) is 0 Å². The van der Waals surface area contributed by atoms with Crippen LogP contribution in [0.4, 0.5) is 0 Å². The van der Waals surface area contributed by atoms with Gasteiger partial charge in [0.05, 0.1) is 23.0 Å². The molecule has 0 fully saturated rings. The monoisotopic (exact) mass is 448 g/mol. The van der Waals surface area contributed by atoms with Gasteiger partial charge in [0.2, 0.25) is 0 Å². The summed E-state index contributed by atoms with van der Waals surface area (Å²) in [7, 11) is 0. The Bertz CT molecular complexity index is 677. The van der Waals surface area contributed by atoms with Gasteiger partial charge in [0.25, 0.3) is 0 Å². The van der Waals surface area contributed by atoms with Gasteiger partial charge in [-0.1, -0.05) is 48.5 Å². The van der Waals surface area contributed by atoms with Gasteiger partial charge in [-0.15, -0.1) is 47.0 Å². The van der Waals surface area contributed by atoms with E-state index < -0.39 is 0 Å². The molecule has 0 atom stereocenters. The zero-order chi connectivity index (χ0) is 19.6. The van der Waals surface area contributed by atoms with E-state index in [1.807, 2.05) is 24.3 Å². The molecular formula is C22H24O2S4. The molecule has 0 saturated carbocycles. The lowest BCUT2D eigenvalue weighted by atomic mass is 10.1. The Hall–Kier alpha value is -0.820. The van der Waals surface area contributed by atoms with Crippen LogP contribution < -0.4 is 0 Å². The lowest BCUT2D eigenvalue weighted by Gasteiger charge is -2.11. The average Bonchev–Trinajstić information content (AvgIpc) is 2.70. The predicted octanol–water partition coefficient (Wildman–Crippen LogP) is 5.47. The van der Waals surface area contributed by atoms with Gasteiger partial charge < -0.3 is 0 Å². The highest BCUT2D eigenvalue weighted by atomic mass is 32.2. The van der Waals surface area contributed by atoms with Crippen molar-refractivity contribution >= 4 is 58.6 Å². The molecule has 1 aliphatic rings. The van der Waals surface area contributed by atoms with E-state index in [0.29, 0.717) is 34.6 Å². The summed E-state index contributed by atoms with van der Waals surface area (Å²) in [5.74, 6) is 6.24. The molecule has 2 nitrogen and oxygen atoms in total. The quantitative estimate of drug-likeness (QED) is 0.531. The summed E-state index contributed by atoms with van der Waals surface area (Å²) in [5, 5.41) is 0. The Morgan fingerprint density at radius 3 is 0.929 bits per heavy atom. The van der Waals surface area contributed by atoms with Crippen molar-refractivity contribution in [2.45, 2.75) is 23.0 Å². The van der Waals surface area contributed by atoms with Crippen molar-refractivity contribution in [2.75, 3.05) is 23.0 Å². The van der Waals surface area contributed by atoms with E-state index in [1.165, 1.54) is 22.3 Å². The average molecular weight is 449 g/mol. The van der Waals surface area contributed by atoms with Gasteiger partial charge in [-0.05, 0) is 22.3 Å². The van der Waals surface area contributed by atoms with Crippen LogP contribution in [0.25, 0.3) is 0 Å². The van der Waals surface area contributed by atoms with Crippen molar-refractivity contribution in [3.05, 3.63) is 70.8 Å². The van der Waals surface area contributed by atoms with Crippen LogP contribution in [0.5, 0.6) is 0 Å². The molecule has 148 valence electrons. The van der Waals surface area contributed by atoms with Crippen molar-refractivity contribution in [1.29, 1.82) is 0 Å². The Morgan fingerprint density at radius 2 is 0.679 bits per heavy atom. The Kier molecular flexibility index (Phi) is 9.38. The van der Waals surface area contributed by atoms with E-state index in [9.17, 15) is 9.59 Å². The number of Topliss-reactive ketones (excluding diaryl/α,β-unsaturated/α-hetero) is 2. The molecule has 2 aromatic rings. The van der Waals surface area contributed by atoms with Gasteiger partial charge in [0.15, 0.2) is 11.6 Å². The van der Waals surface area contributed by atoms with E-state index in [1.54, 1.807) is 47.0 Å².